The van der Waals surface area contributed by atoms with Crippen LogP contribution in [-0.4, -0.2) is 11.3 Å². The Labute approximate surface area is 176 Å². The highest BCUT2D eigenvalue weighted by molar-refractivity contribution is 5.79. The Morgan fingerprint density at radius 3 is 2.13 bits per heavy atom. The summed E-state index contributed by atoms with van der Waals surface area (Å²) in [6.45, 7) is 0. The molecule has 0 N–H and O–H groups in total. The molecule has 0 unspecified atom stereocenters. The van der Waals surface area contributed by atoms with Crippen LogP contribution in [0.2, 0.25) is 0 Å². The second-order valence-corrected chi connectivity index (χ2v) is 7.92. The molecule has 0 aliphatic heterocycles. The van der Waals surface area contributed by atoms with E-state index >= 15 is 0 Å². The molecule has 146 valence electrons. The molecule has 0 saturated heterocycles. The van der Waals surface area contributed by atoms with E-state index in [0.717, 1.165) is 40.4 Å². The Balaban J connectivity index is 1.72. The van der Waals surface area contributed by atoms with E-state index in [4.69, 9.17) is 4.98 Å². The van der Waals surface area contributed by atoms with Gasteiger partial charge in [-0.05, 0) is 41.2 Å². The highest BCUT2D eigenvalue weighted by Crippen LogP contribution is 2.51. The summed E-state index contributed by atoms with van der Waals surface area (Å²) in [5.41, 5.74) is 5.35. The number of aromatic nitrogens is 1. The van der Waals surface area contributed by atoms with Gasteiger partial charge in [0, 0.05) is 22.9 Å². The minimum Gasteiger partial charge on any atom is -0.298 e. The molecular formula is C28H23NO. The summed E-state index contributed by atoms with van der Waals surface area (Å²) in [4.78, 5) is 17.2. The van der Waals surface area contributed by atoms with Crippen molar-refractivity contribution in [1.29, 1.82) is 0 Å². The van der Waals surface area contributed by atoms with Gasteiger partial charge in [-0.3, -0.25) is 9.78 Å². The first-order chi connectivity index (χ1) is 14.8. The summed E-state index contributed by atoms with van der Waals surface area (Å²) >= 11 is 0. The first-order valence-electron chi connectivity index (χ1n) is 10.5. The second-order valence-electron chi connectivity index (χ2n) is 7.92. The molecule has 0 bridgehead atoms. The van der Waals surface area contributed by atoms with Crippen LogP contribution in [-0.2, 0) is 4.79 Å². The van der Waals surface area contributed by atoms with E-state index in [-0.39, 0.29) is 17.8 Å². The Kier molecular flexibility index (Phi) is 4.98. The standard InChI is InChI=1S/C28H23NO/c30-19-23-15-17-24(20-9-3-1-4-10-20)28(27(23)22-12-5-2-6-13-22)26-18-16-21-11-7-8-14-25(21)29-26/h1-16,18-19,24,27-28H,17H2/t24-,27+,28-/m0/s1. The van der Waals surface area contributed by atoms with Crippen molar-refractivity contribution in [2.24, 2.45) is 0 Å². The van der Waals surface area contributed by atoms with Crippen LogP contribution in [0, 0.1) is 0 Å². The number of fused-ring (bicyclic) bond motifs is 1. The van der Waals surface area contributed by atoms with Crippen molar-refractivity contribution in [3.05, 3.63) is 126 Å². The Morgan fingerprint density at radius 2 is 1.40 bits per heavy atom. The lowest BCUT2D eigenvalue weighted by Crippen LogP contribution is -2.26. The molecule has 0 fully saturated rings. The van der Waals surface area contributed by atoms with Crippen molar-refractivity contribution in [2.45, 2.75) is 24.2 Å². The average molecular weight is 389 g/mol. The Bertz CT molecular complexity index is 1200. The predicted octanol–water partition coefficient (Wildman–Crippen LogP) is 6.42. The number of allylic oxidation sites excluding steroid dienone is 2. The zero-order valence-corrected chi connectivity index (χ0v) is 16.7. The SMILES string of the molecule is O=CC1=CC[C@@H](c2ccccc2)[C@@H](c2ccc3ccccc3n2)[C@@H]1c1ccccc1. The van der Waals surface area contributed by atoms with Crippen LogP contribution >= 0.6 is 0 Å². The third-order valence-corrected chi connectivity index (χ3v) is 6.24. The molecule has 2 nitrogen and oxygen atoms in total. The highest BCUT2D eigenvalue weighted by Gasteiger charge is 2.38. The number of para-hydroxylation sites is 1. The summed E-state index contributed by atoms with van der Waals surface area (Å²) in [6, 6.07) is 33.5. The summed E-state index contributed by atoms with van der Waals surface area (Å²) < 4.78 is 0. The van der Waals surface area contributed by atoms with Crippen LogP contribution in [0.5, 0.6) is 0 Å². The minimum absolute atomic E-state index is 0.0173. The maximum absolute atomic E-state index is 12.1. The smallest absolute Gasteiger partial charge is 0.146 e. The molecule has 3 atom stereocenters. The number of hydrogen-bond donors (Lipinski definition) is 0. The quantitative estimate of drug-likeness (QED) is 0.377. The summed E-state index contributed by atoms with van der Waals surface area (Å²) in [5.74, 6) is 0.328. The van der Waals surface area contributed by atoms with Gasteiger partial charge in [0.15, 0.2) is 0 Å². The Hall–Kier alpha value is -3.52. The van der Waals surface area contributed by atoms with E-state index in [1.807, 2.05) is 18.2 Å². The molecule has 0 radical (unpaired) electrons. The maximum Gasteiger partial charge on any atom is 0.146 e. The topological polar surface area (TPSA) is 30.0 Å². The molecule has 2 heteroatoms. The van der Waals surface area contributed by atoms with E-state index in [1.165, 1.54) is 5.56 Å². The molecule has 1 aliphatic rings. The Morgan fingerprint density at radius 1 is 0.733 bits per heavy atom. The second kappa shape index (κ2) is 8.08. The average Bonchev–Trinajstić information content (AvgIpc) is 2.84. The molecule has 4 aromatic rings. The number of carbonyl (C=O) groups is 1. The zero-order chi connectivity index (χ0) is 20.3. The fourth-order valence-corrected chi connectivity index (χ4v) is 4.85. The molecular weight excluding hydrogens is 366 g/mol. The van der Waals surface area contributed by atoms with Gasteiger partial charge in [0.1, 0.15) is 6.29 Å². The van der Waals surface area contributed by atoms with Crippen LogP contribution in [0.3, 0.4) is 0 Å². The largest absolute Gasteiger partial charge is 0.298 e. The van der Waals surface area contributed by atoms with Gasteiger partial charge in [-0.15, -0.1) is 0 Å². The lowest BCUT2D eigenvalue weighted by atomic mass is 9.66. The van der Waals surface area contributed by atoms with E-state index < -0.39 is 0 Å². The van der Waals surface area contributed by atoms with Crippen molar-refractivity contribution < 1.29 is 4.79 Å². The van der Waals surface area contributed by atoms with Gasteiger partial charge in [0.25, 0.3) is 0 Å². The monoisotopic (exact) mass is 389 g/mol. The van der Waals surface area contributed by atoms with E-state index in [1.54, 1.807) is 0 Å². The van der Waals surface area contributed by atoms with Crippen LogP contribution in [0.25, 0.3) is 10.9 Å². The summed E-state index contributed by atoms with van der Waals surface area (Å²) in [5, 5.41) is 1.13. The highest BCUT2D eigenvalue weighted by atomic mass is 16.1. The van der Waals surface area contributed by atoms with Crippen molar-refractivity contribution in [3.8, 4) is 0 Å². The molecule has 30 heavy (non-hydrogen) atoms. The van der Waals surface area contributed by atoms with Crippen LogP contribution in [0.15, 0.2) is 109 Å². The maximum atomic E-state index is 12.1. The summed E-state index contributed by atoms with van der Waals surface area (Å²) in [7, 11) is 0. The molecule has 0 spiro atoms. The molecule has 1 aromatic heterocycles. The number of rotatable bonds is 4. The first kappa shape index (κ1) is 18.5. The predicted molar refractivity (Wildman–Crippen MR) is 122 cm³/mol. The van der Waals surface area contributed by atoms with Crippen molar-refractivity contribution in [3.63, 3.8) is 0 Å². The fraction of sp³-hybridized carbons (Fsp3) is 0.143. The van der Waals surface area contributed by atoms with Gasteiger partial charge in [0.2, 0.25) is 0 Å². The number of pyridine rings is 1. The lowest BCUT2D eigenvalue weighted by molar-refractivity contribution is -0.105. The lowest BCUT2D eigenvalue weighted by Gasteiger charge is -2.37. The van der Waals surface area contributed by atoms with Gasteiger partial charge in [0.05, 0.1) is 5.52 Å². The van der Waals surface area contributed by atoms with Crippen LogP contribution in [0.1, 0.15) is 41.0 Å². The third-order valence-electron chi connectivity index (χ3n) is 6.24. The van der Waals surface area contributed by atoms with Gasteiger partial charge >= 0.3 is 0 Å². The number of aldehydes is 1. The van der Waals surface area contributed by atoms with Gasteiger partial charge in [-0.25, -0.2) is 0 Å². The van der Waals surface area contributed by atoms with Gasteiger partial charge < -0.3 is 0 Å². The van der Waals surface area contributed by atoms with E-state index in [2.05, 4.69) is 84.9 Å². The third kappa shape index (κ3) is 3.35. The van der Waals surface area contributed by atoms with Crippen molar-refractivity contribution in [2.75, 3.05) is 0 Å². The molecule has 0 saturated carbocycles. The number of benzene rings is 3. The molecule has 0 amide bonds. The summed E-state index contributed by atoms with van der Waals surface area (Å²) in [6.07, 6.45) is 3.99. The minimum atomic E-state index is -0.0173. The molecule has 3 aromatic carbocycles. The van der Waals surface area contributed by atoms with E-state index in [9.17, 15) is 4.79 Å². The number of hydrogen-bond acceptors (Lipinski definition) is 2. The molecule has 1 aliphatic carbocycles. The number of carbonyl (C=O) groups excluding carboxylic acids is 1. The molecule has 5 rings (SSSR count). The van der Waals surface area contributed by atoms with Crippen LogP contribution in [0.4, 0.5) is 0 Å². The van der Waals surface area contributed by atoms with Gasteiger partial charge in [-0.1, -0.05) is 91.0 Å². The fourth-order valence-electron chi connectivity index (χ4n) is 4.85. The van der Waals surface area contributed by atoms with Gasteiger partial charge in [-0.2, -0.15) is 0 Å². The van der Waals surface area contributed by atoms with Crippen molar-refractivity contribution >= 4 is 17.2 Å². The van der Waals surface area contributed by atoms with Crippen molar-refractivity contribution in [1.82, 2.24) is 4.98 Å². The van der Waals surface area contributed by atoms with E-state index in [0.29, 0.717) is 0 Å². The zero-order valence-electron chi connectivity index (χ0n) is 16.7. The molecule has 1 heterocycles. The van der Waals surface area contributed by atoms with Crippen LogP contribution < -0.4 is 0 Å². The normalized spacial score (nSPS) is 21.2. The first-order valence-corrected chi connectivity index (χ1v) is 10.5. The number of nitrogens with zero attached hydrogens (tertiary/aromatic N) is 1.